The van der Waals surface area contributed by atoms with Crippen LogP contribution in [-0.2, 0) is 0 Å². The Hall–Kier alpha value is -3.83. The Morgan fingerprint density at radius 1 is 1.28 bits per heavy atom. The molecule has 1 aliphatic carbocycles. The molecule has 0 saturated heterocycles. The molecule has 2 aromatic rings. The van der Waals surface area contributed by atoms with Gasteiger partial charge in [-0.15, -0.1) is 0 Å². The van der Waals surface area contributed by atoms with Crippen molar-refractivity contribution in [2.75, 3.05) is 12.4 Å². The predicted octanol–water partition coefficient (Wildman–Crippen LogP) is 0.764. The van der Waals surface area contributed by atoms with Crippen molar-refractivity contribution in [1.82, 2.24) is 5.16 Å². The summed E-state index contributed by atoms with van der Waals surface area (Å²) in [5, 5.41) is 38.8. The summed E-state index contributed by atoms with van der Waals surface area (Å²) in [5.74, 6) is 0.569. The first-order valence-corrected chi connectivity index (χ1v) is 6.85. The van der Waals surface area contributed by atoms with E-state index in [1.54, 1.807) is 24.3 Å². The molecule has 1 aromatic heterocycles. The van der Waals surface area contributed by atoms with Crippen molar-refractivity contribution in [3.63, 3.8) is 0 Å². The number of H-pyrrole nitrogens is 1. The summed E-state index contributed by atoms with van der Waals surface area (Å²) in [7, 11) is 1.49. The van der Waals surface area contributed by atoms with Crippen molar-refractivity contribution in [1.29, 1.82) is 0 Å². The molecule has 1 aliphatic rings. The SMILES string of the molecule is COc1ccc(NC2C(=[N+]([O-])[O-])C=C([N+](=O)[O-])c3[nH]o[n+](=O)c32)cc1. The number of aromatic nitrogens is 2. The van der Waals surface area contributed by atoms with Crippen molar-refractivity contribution >= 4 is 17.1 Å². The summed E-state index contributed by atoms with van der Waals surface area (Å²) >= 11 is 0. The van der Waals surface area contributed by atoms with Crippen LogP contribution in [0, 0.1) is 25.4 Å². The summed E-state index contributed by atoms with van der Waals surface area (Å²) < 4.78 is 9.52. The number of rotatable bonds is 4. The van der Waals surface area contributed by atoms with E-state index in [0.717, 1.165) is 6.08 Å². The fourth-order valence-electron chi connectivity index (χ4n) is 2.45. The number of aromatic amines is 1. The first kappa shape index (κ1) is 16.0. The molecule has 1 heterocycles. The van der Waals surface area contributed by atoms with Gasteiger partial charge >= 0.3 is 5.70 Å². The van der Waals surface area contributed by atoms with Crippen LogP contribution >= 0.6 is 0 Å². The van der Waals surface area contributed by atoms with E-state index < -0.39 is 27.3 Å². The second-order valence-electron chi connectivity index (χ2n) is 4.99. The van der Waals surface area contributed by atoms with Crippen LogP contribution in [0.1, 0.15) is 17.4 Å². The molecule has 0 bridgehead atoms. The first-order chi connectivity index (χ1) is 11.9. The maximum absolute atomic E-state index is 11.9. The van der Waals surface area contributed by atoms with Gasteiger partial charge in [0.05, 0.1) is 18.1 Å². The van der Waals surface area contributed by atoms with Gasteiger partial charge in [0, 0.05) is 5.69 Å². The van der Waals surface area contributed by atoms with Gasteiger partial charge < -0.3 is 20.5 Å². The van der Waals surface area contributed by atoms with Gasteiger partial charge in [0.2, 0.25) is 5.71 Å². The Bertz CT molecular complexity index is 936. The number of nitrogens with zero attached hydrogens (tertiary/aromatic N) is 3. The molecule has 25 heavy (non-hydrogen) atoms. The number of fused-ring (bicyclic) bond motifs is 1. The van der Waals surface area contributed by atoms with Crippen LogP contribution in [0.15, 0.2) is 35.0 Å². The number of ether oxygens (including phenoxy) is 1. The second kappa shape index (κ2) is 5.99. The molecule has 2 N–H and O–H groups in total. The first-order valence-electron chi connectivity index (χ1n) is 6.85. The highest BCUT2D eigenvalue weighted by Crippen LogP contribution is 2.31. The average Bonchev–Trinajstić information content (AvgIpc) is 2.97. The van der Waals surface area contributed by atoms with E-state index >= 15 is 0 Å². The Balaban J connectivity index is 2.10. The maximum Gasteiger partial charge on any atom is 0.330 e. The predicted molar refractivity (Wildman–Crippen MR) is 82.8 cm³/mol. The zero-order valence-electron chi connectivity index (χ0n) is 12.7. The molecule has 0 aliphatic heterocycles. The average molecular weight is 349 g/mol. The number of hydrogen-bond donors (Lipinski definition) is 2. The van der Waals surface area contributed by atoms with Crippen molar-refractivity contribution in [2.45, 2.75) is 6.04 Å². The number of anilines is 1. The number of nitro groups is 1. The van der Waals surface area contributed by atoms with Crippen molar-refractivity contribution in [3.05, 3.63) is 67.2 Å². The van der Waals surface area contributed by atoms with Gasteiger partial charge in [0.1, 0.15) is 5.75 Å². The van der Waals surface area contributed by atoms with E-state index in [4.69, 9.17) is 4.74 Å². The van der Waals surface area contributed by atoms with E-state index in [9.17, 15) is 25.4 Å². The third kappa shape index (κ3) is 2.75. The molecular weight excluding hydrogens is 338 g/mol. The summed E-state index contributed by atoms with van der Waals surface area (Å²) in [4.78, 5) is 21.4. The molecule has 0 spiro atoms. The van der Waals surface area contributed by atoms with Crippen LogP contribution in [0.3, 0.4) is 0 Å². The number of hydrogen-bond acceptors (Lipinski definition) is 8. The molecule has 3 rings (SSSR count). The van der Waals surface area contributed by atoms with E-state index in [1.165, 1.54) is 7.11 Å². The van der Waals surface area contributed by atoms with E-state index in [0.29, 0.717) is 11.4 Å². The van der Waals surface area contributed by atoms with Gasteiger partial charge in [0.15, 0.2) is 10.6 Å². The minimum absolute atomic E-state index is 0.0312. The highest BCUT2D eigenvalue weighted by atomic mass is 16.8. The van der Waals surface area contributed by atoms with Crippen molar-refractivity contribution < 1.29 is 23.8 Å². The molecule has 0 radical (unpaired) electrons. The second-order valence-corrected chi connectivity index (χ2v) is 4.99. The molecule has 12 heteroatoms. The highest BCUT2D eigenvalue weighted by molar-refractivity contribution is 6.04. The lowest BCUT2D eigenvalue weighted by Crippen LogP contribution is -2.35. The number of benzene rings is 1. The fraction of sp³-hybridized carbons (Fsp3) is 0.154. The molecule has 1 atom stereocenters. The Kier molecular flexibility index (Phi) is 3.85. The normalized spacial score (nSPS) is 16.0. The van der Waals surface area contributed by atoms with Gasteiger partial charge in [-0.2, -0.15) is 4.90 Å². The Morgan fingerprint density at radius 2 is 1.96 bits per heavy atom. The minimum Gasteiger partial charge on any atom is -0.612 e. The zero-order chi connectivity index (χ0) is 18.1. The van der Waals surface area contributed by atoms with Gasteiger partial charge in [0.25, 0.3) is 11.4 Å². The molecule has 130 valence electrons. The summed E-state index contributed by atoms with van der Waals surface area (Å²) in [6, 6.07) is 5.14. The van der Waals surface area contributed by atoms with E-state index in [1.807, 2.05) is 0 Å². The third-order valence-corrected chi connectivity index (χ3v) is 3.60. The van der Waals surface area contributed by atoms with Crippen molar-refractivity contribution in [3.8, 4) is 5.75 Å². The van der Waals surface area contributed by atoms with Gasteiger partial charge in [-0.05, 0) is 29.2 Å². The molecule has 0 saturated carbocycles. The molecule has 0 fully saturated rings. The Morgan fingerprint density at radius 3 is 2.52 bits per heavy atom. The van der Waals surface area contributed by atoms with Gasteiger partial charge in [-0.1, -0.05) is 9.79 Å². The van der Waals surface area contributed by atoms with Crippen molar-refractivity contribution in [2.24, 2.45) is 0 Å². The minimum atomic E-state index is -1.26. The Labute approximate surface area is 138 Å². The highest BCUT2D eigenvalue weighted by Gasteiger charge is 2.46. The van der Waals surface area contributed by atoms with Crippen LogP contribution in [0.4, 0.5) is 5.69 Å². The summed E-state index contributed by atoms with van der Waals surface area (Å²) in [6.45, 7) is 0. The van der Waals surface area contributed by atoms with Crippen LogP contribution in [0.25, 0.3) is 5.70 Å². The topological polar surface area (TPSA) is 165 Å². The molecule has 1 unspecified atom stereocenters. The zero-order valence-corrected chi connectivity index (χ0v) is 12.7. The van der Waals surface area contributed by atoms with Gasteiger partial charge in [-0.3, -0.25) is 10.1 Å². The molecule has 0 amide bonds. The summed E-state index contributed by atoms with van der Waals surface area (Å²) in [5.41, 5.74) is -1.30. The van der Waals surface area contributed by atoms with E-state index in [-0.39, 0.29) is 16.0 Å². The van der Waals surface area contributed by atoms with Gasteiger partial charge in [-0.25, -0.2) is 0 Å². The lowest BCUT2D eigenvalue weighted by atomic mass is 9.97. The lowest BCUT2D eigenvalue weighted by molar-refractivity contribution is -0.719. The fourth-order valence-corrected chi connectivity index (χ4v) is 2.45. The maximum atomic E-state index is 11.9. The van der Waals surface area contributed by atoms with E-state index in [2.05, 4.69) is 15.1 Å². The molecular formula is C13H11N5O7. The largest absolute Gasteiger partial charge is 0.612 e. The van der Waals surface area contributed by atoms with Crippen LogP contribution in [0.5, 0.6) is 5.75 Å². The standard InChI is InChI=1S/C13H11N5O7/c1-24-8-4-2-7(3-5-8)14-11-9(16(19)20)6-10(17(21)22)12-13(11)18(23)25-15-12/h2-6,11,14-15H,1H3. The van der Waals surface area contributed by atoms with Crippen LogP contribution in [0.2, 0.25) is 0 Å². The number of methoxy groups -OCH3 is 1. The lowest BCUT2D eigenvalue weighted by Gasteiger charge is -2.19. The monoisotopic (exact) mass is 349 g/mol. The molecule has 1 aromatic carbocycles. The summed E-state index contributed by atoms with van der Waals surface area (Å²) in [6.07, 6.45) is 0.787. The van der Waals surface area contributed by atoms with Crippen LogP contribution in [-0.4, -0.2) is 27.8 Å². The van der Waals surface area contributed by atoms with Crippen LogP contribution < -0.4 is 14.7 Å². The third-order valence-electron chi connectivity index (χ3n) is 3.60. The number of nitrogens with one attached hydrogen (secondary N) is 2. The smallest absolute Gasteiger partial charge is 0.330 e. The molecule has 12 nitrogen and oxygen atoms in total. The quantitative estimate of drug-likeness (QED) is 0.463.